The fourth-order valence-electron chi connectivity index (χ4n) is 2.45. The van der Waals surface area contributed by atoms with E-state index in [2.05, 4.69) is 6.08 Å². The van der Waals surface area contributed by atoms with E-state index in [1.54, 1.807) is 6.08 Å². The zero-order valence-electron chi connectivity index (χ0n) is 16.0. The lowest BCUT2D eigenvalue weighted by molar-refractivity contribution is -0.131. The predicted octanol–water partition coefficient (Wildman–Crippen LogP) is 5.97. The summed E-state index contributed by atoms with van der Waals surface area (Å²) >= 11 is 0. The van der Waals surface area contributed by atoms with E-state index in [0.29, 0.717) is 0 Å². The molecule has 142 valence electrons. The Morgan fingerprint density at radius 2 is 1.24 bits per heavy atom. The van der Waals surface area contributed by atoms with Crippen LogP contribution in [-0.4, -0.2) is 21.8 Å². The maximum Gasteiger partial charge on any atom is 0.328 e. The molecule has 0 bridgehead atoms. The number of hydrogen-bond acceptors (Lipinski definition) is 2. The molecule has 0 aromatic heterocycles. The Morgan fingerprint density at radius 3 is 1.80 bits per heavy atom. The summed E-state index contributed by atoms with van der Waals surface area (Å²) in [5.41, 5.74) is -0.504. The van der Waals surface area contributed by atoms with E-state index in [0.717, 1.165) is 25.3 Å². The summed E-state index contributed by atoms with van der Waals surface area (Å²) in [6, 6.07) is 0. The van der Waals surface area contributed by atoms with Crippen molar-refractivity contribution in [2.24, 2.45) is 0 Å². The average Bonchev–Trinajstić information content (AvgIpc) is 2.52. The van der Waals surface area contributed by atoms with Gasteiger partial charge in [0.25, 0.3) is 0 Å². The van der Waals surface area contributed by atoms with Gasteiger partial charge in [0.1, 0.15) is 0 Å². The molecule has 0 heterocycles. The van der Waals surface area contributed by atoms with Crippen molar-refractivity contribution in [1.82, 2.24) is 0 Å². The molecule has 3 nitrogen and oxygen atoms in total. The zero-order chi connectivity index (χ0) is 18.8. The van der Waals surface area contributed by atoms with E-state index in [-0.39, 0.29) is 0 Å². The second-order valence-corrected chi connectivity index (χ2v) is 7.07. The summed E-state index contributed by atoms with van der Waals surface area (Å²) in [7, 11) is 0. The van der Waals surface area contributed by atoms with Crippen molar-refractivity contribution in [3.8, 4) is 0 Å². The third-order valence-electron chi connectivity index (χ3n) is 3.84. The Kier molecular flexibility index (Phi) is 14.9. The van der Waals surface area contributed by atoms with Crippen molar-refractivity contribution in [2.75, 3.05) is 0 Å². The first kappa shape index (κ1) is 23.4. The number of allylic oxidation sites excluding steroid dienone is 7. The number of carboxylic acids is 1. The van der Waals surface area contributed by atoms with Gasteiger partial charge in [0.15, 0.2) is 0 Å². The number of rotatable bonds is 15. The van der Waals surface area contributed by atoms with Crippen molar-refractivity contribution in [3.63, 3.8) is 0 Å². The van der Waals surface area contributed by atoms with Crippen molar-refractivity contribution in [1.29, 1.82) is 0 Å². The summed E-state index contributed by atoms with van der Waals surface area (Å²) in [5.74, 6) is -0.931. The van der Waals surface area contributed by atoms with Crippen LogP contribution in [0.25, 0.3) is 0 Å². The third-order valence-corrected chi connectivity index (χ3v) is 3.84. The Morgan fingerprint density at radius 1 is 0.760 bits per heavy atom. The Hall–Kier alpha value is -1.61. The smallest absolute Gasteiger partial charge is 0.328 e. The van der Waals surface area contributed by atoms with E-state index in [1.807, 2.05) is 38.2 Å². The largest absolute Gasteiger partial charge is 0.478 e. The standard InChI is InChI=1S/C22H36O3/c1-22(2,25)20-18-16-14-12-10-8-6-4-3-5-7-9-11-13-15-17-19-21(23)24/h5,7,9,11,13,15,17,19,25H,3-4,6,8,10,12,14,16,18,20H2,1-2H3,(H,23,24). The normalized spacial score (nSPS) is 13.1. The first-order valence-electron chi connectivity index (χ1n) is 9.54. The second-order valence-electron chi connectivity index (χ2n) is 7.07. The molecule has 0 aromatic carbocycles. The molecule has 0 aromatic rings. The molecule has 2 N–H and O–H groups in total. The van der Waals surface area contributed by atoms with Gasteiger partial charge in [-0.1, -0.05) is 87.5 Å². The number of aliphatic hydroxyl groups is 1. The van der Waals surface area contributed by atoms with E-state index < -0.39 is 11.6 Å². The summed E-state index contributed by atoms with van der Waals surface area (Å²) < 4.78 is 0. The number of hydrogen-bond donors (Lipinski definition) is 2. The first-order chi connectivity index (χ1) is 11.9. The van der Waals surface area contributed by atoms with Gasteiger partial charge in [-0.05, 0) is 33.1 Å². The molecule has 0 fully saturated rings. The van der Waals surface area contributed by atoms with Crippen LogP contribution in [0.3, 0.4) is 0 Å². The van der Waals surface area contributed by atoms with E-state index in [4.69, 9.17) is 5.11 Å². The lowest BCUT2D eigenvalue weighted by atomic mass is 9.99. The molecule has 0 radical (unpaired) electrons. The minimum atomic E-state index is -0.931. The van der Waals surface area contributed by atoms with Gasteiger partial charge in [-0.15, -0.1) is 0 Å². The predicted molar refractivity (Wildman–Crippen MR) is 107 cm³/mol. The SMILES string of the molecule is CC(C)(O)CCCCCCCCCCC=CC=CC=CC=CC(=O)O. The monoisotopic (exact) mass is 348 g/mol. The molecular formula is C22H36O3. The van der Waals surface area contributed by atoms with Crippen molar-refractivity contribution in [3.05, 3.63) is 48.6 Å². The molecule has 0 amide bonds. The van der Waals surface area contributed by atoms with Crippen LogP contribution in [0.1, 0.15) is 78.1 Å². The number of carbonyl (C=O) groups is 1. The molecular weight excluding hydrogens is 312 g/mol. The summed E-state index contributed by atoms with van der Waals surface area (Å²) in [4.78, 5) is 10.2. The molecule has 0 aliphatic rings. The quantitative estimate of drug-likeness (QED) is 0.218. The van der Waals surface area contributed by atoms with Gasteiger partial charge >= 0.3 is 5.97 Å². The van der Waals surface area contributed by atoms with Crippen molar-refractivity contribution >= 4 is 5.97 Å². The topological polar surface area (TPSA) is 57.5 Å². The van der Waals surface area contributed by atoms with Gasteiger partial charge in [-0.25, -0.2) is 4.79 Å². The highest BCUT2D eigenvalue weighted by Gasteiger charge is 2.10. The third kappa shape index (κ3) is 22.4. The molecule has 0 unspecified atom stereocenters. The van der Waals surface area contributed by atoms with Gasteiger partial charge in [0.2, 0.25) is 0 Å². The molecule has 0 saturated carbocycles. The van der Waals surface area contributed by atoms with E-state index in [1.165, 1.54) is 51.0 Å². The minimum absolute atomic E-state index is 0.504. The first-order valence-corrected chi connectivity index (χ1v) is 9.54. The van der Waals surface area contributed by atoms with Crippen LogP contribution in [-0.2, 0) is 4.79 Å². The molecule has 0 aliphatic carbocycles. The molecule has 0 aliphatic heterocycles. The van der Waals surface area contributed by atoms with Gasteiger partial charge in [0, 0.05) is 6.08 Å². The minimum Gasteiger partial charge on any atom is -0.478 e. The highest BCUT2D eigenvalue weighted by Crippen LogP contribution is 2.15. The molecule has 25 heavy (non-hydrogen) atoms. The van der Waals surface area contributed by atoms with Crippen LogP contribution in [0, 0.1) is 0 Å². The average molecular weight is 349 g/mol. The number of aliphatic carboxylic acids is 1. The fourth-order valence-corrected chi connectivity index (χ4v) is 2.45. The van der Waals surface area contributed by atoms with Gasteiger partial charge < -0.3 is 10.2 Å². The van der Waals surface area contributed by atoms with Gasteiger partial charge in [-0.3, -0.25) is 0 Å². The molecule has 0 spiro atoms. The van der Waals surface area contributed by atoms with E-state index >= 15 is 0 Å². The Balaban J connectivity index is 3.36. The van der Waals surface area contributed by atoms with Crippen molar-refractivity contribution < 1.29 is 15.0 Å². The highest BCUT2D eigenvalue weighted by atomic mass is 16.4. The molecule has 0 saturated heterocycles. The van der Waals surface area contributed by atoms with E-state index in [9.17, 15) is 9.90 Å². The maximum atomic E-state index is 10.2. The molecule has 0 rings (SSSR count). The fraction of sp³-hybridized carbons (Fsp3) is 0.591. The molecule has 3 heteroatoms. The Bertz CT molecular complexity index is 437. The lowest BCUT2D eigenvalue weighted by Gasteiger charge is -2.16. The second kappa shape index (κ2) is 15.9. The van der Waals surface area contributed by atoms with Crippen LogP contribution in [0.2, 0.25) is 0 Å². The Labute approximate surface area is 153 Å². The summed E-state index contributed by atoms with van der Waals surface area (Å²) in [5, 5.41) is 18.0. The van der Waals surface area contributed by atoms with Crippen LogP contribution in [0.4, 0.5) is 0 Å². The lowest BCUT2D eigenvalue weighted by Crippen LogP contribution is -2.17. The van der Waals surface area contributed by atoms with Crippen LogP contribution in [0.5, 0.6) is 0 Å². The van der Waals surface area contributed by atoms with Crippen LogP contribution < -0.4 is 0 Å². The van der Waals surface area contributed by atoms with Crippen LogP contribution in [0.15, 0.2) is 48.6 Å². The maximum absolute atomic E-state index is 10.2. The van der Waals surface area contributed by atoms with Gasteiger partial charge in [0.05, 0.1) is 5.60 Å². The van der Waals surface area contributed by atoms with Crippen molar-refractivity contribution in [2.45, 2.75) is 83.7 Å². The molecule has 0 atom stereocenters. The van der Waals surface area contributed by atoms with Gasteiger partial charge in [-0.2, -0.15) is 0 Å². The number of unbranched alkanes of at least 4 members (excludes halogenated alkanes) is 8. The summed E-state index contributed by atoms with van der Waals surface area (Å²) in [6.45, 7) is 3.77. The number of carboxylic acid groups (broad SMARTS) is 1. The van der Waals surface area contributed by atoms with Crippen LogP contribution >= 0.6 is 0 Å². The summed E-state index contributed by atoms with van der Waals surface area (Å²) in [6.07, 6.45) is 26.3. The highest BCUT2D eigenvalue weighted by molar-refractivity contribution is 5.80. The zero-order valence-corrected chi connectivity index (χ0v) is 16.0.